The van der Waals surface area contributed by atoms with Crippen LogP contribution >= 0.6 is 0 Å². The minimum Gasteiger partial charge on any atom is -0.478 e. The zero-order valence-electron chi connectivity index (χ0n) is 7.67. The Kier molecular flexibility index (Phi) is 2.99. The molecular weight excluding hydrogens is 208 g/mol. The van der Waals surface area contributed by atoms with Crippen LogP contribution in [0.15, 0.2) is 12.1 Å². The Morgan fingerprint density at radius 2 is 1.87 bits per heavy atom. The Morgan fingerprint density at radius 1 is 1.27 bits per heavy atom. The molecule has 4 nitrogen and oxygen atoms in total. The first-order chi connectivity index (χ1) is 6.91. The van der Waals surface area contributed by atoms with Gasteiger partial charge < -0.3 is 10.4 Å². The predicted molar refractivity (Wildman–Crippen MR) is 47.6 cm³/mol. The molecule has 0 fully saturated rings. The number of aromatic carboxylic acids is 1. The third-order valence-electron chi connectivity index (χ3n) is 1.60. The molecule has 0 atom stereocenters. The van der Waals surface area contributed by atoms with Crippen molar-refractivity contribution in [3.63, 3.8) is 0 Å². The molecule has 1 amide bonds. The number of halogens is 2. The van der Waals surface area contributed by atoms with Crippen molar-refractivity contribution < 1.29 is 23.5 Å². The fourth-order valence-corrected chi connectivity index (χ4v) is 0.996. The highest BCUT2D eigenvalue weighted by Gasteiger charge is 2.15. The summed E-state index contributed by atoms with van der Waals surface area (Å²) < 4.78 is 26.1. The standard InChI is InChI=1S/C9H7F2NO3/c1-4(13)12-8-3-6(10)5(9(14)15)2-7(8)11/h2-3H,1H3,(H,12,13)(H,14,15). The van der Waals surface area contributed by atoms with Gasteiger partial charge in [0.2, 0.25) is 5.91 Å². The minimum absolute atomic E-state index is 0.384. The van der Waals surface area contributed by atoms with Crippen molar-refractivity contribution in [1.82, 2.24) is 0 Å². The summed E-state index contributed by atoms with van der Waals surface area (Å²) in [4.78, 5) is 21.0. The number of amides is 1. The molecule has 0 unspecified atom stereocenters. The lowest BCUT2D eigenvalue weighted by Crippen LogP contribution is -2.10. The summed E-state index contributed by atoms with van der Waals surface area (Å²) in [5, 5.41) is 10.5. The maximum absolute atomic E-state index is 13.1. The Balaban J connectivity index is 3.19. The first kappa shape index (κ1) is 11.1. The molecule has 1 rings (SSSR count). The average Bonchev–Trinajstić information content (AvgIpc) is 2.09. The number of rotatable bonds is 2. The predicted octanol–water partition coefficient (Wildman–Crippen LogP) is 1.62. The first-order valence-electron chi connectivity index (χ1n) is 3.91. The molecular formula is C9H7F2NO3. The Bertz CT molecular complexity index is 432. The van der Waals surface area contributed by atoms with Crippen molar-refractivity contribution in [2.24, 2.45) is 0 Å². The van der Waals surface area contributed by atoms with Crippen molar-refractivity contribution in [1.29, 1.82) is 0 Å². The van der Waals surface area contributed by atoms with Crippen molar-refractivity contribution in [3.05, 3.63) is 29.3 Å². The smallest absolute Gasteiger partial charge is 0.338 e. The van der Waals surface area contributed by atoms with Gasteiger partial charge in [0.1, 0.15) is 11.6 Å². The lowest BCUT2D eigenvalue weighted by Gasteiger charge is -2.05. The van der Waals surface area contributed by atoms with Crippen LogP contribution in [0, 0.1) is 11.6 Å². The molecule has 0 aliphatic rings. The molecule has 0 radical (unpaired) electrons. The number of carbonyl (C=O) groups is 2. The molecule has 0 saturated heterocycles. The van der Waals surface area contributed by atoms with Crippen molar-refractivity contribution in [3.8, 4) is 0 Å². The van der Waals surface area contributed by atoms with Crippen LogP contribution in [-0.2, 0) is 4.79 Å². The third kappa shape index (κ3) is 2.49. The molecule has 0 aliphatic heterocycles. The second-order valence-electron chi connectivity index (χ2n) is 2.80. The van der Waals surface area contributed by atoms with Crippen LogP contribution < -0.4 is 5.32 Å². The number of carboxylic acid groups (broad SMARTS) is 1. The Morgan fingerprint density at radius 3 is 2.33 bits per heavy atom. The number of anilines is 1. The second kappa shape index (κ2) is 4.04. The summed E-state index contributed by atoms with van der Waals surface area (Å²) in [7, 11) is 0. The van der Waals surface area contributed by atoms with Gasteiger partial charge in [-0.2, -0.15) is 0 Å². The molecule has 2 N–H and O–H groups in total. The van der Waals surface area contributed by atoms with E-state index in [0.717, 1.165) is 6.92 Å². The summed E-state index contributed by atoms with van der Waals surface area (Å²) in [5.41, 5.74) is -1.16. The molecule has 0 aromatic heterocycles. The van der Waals surface area contributed by atoms with Crippen LogP contribution in [0.3, 0.4) is 0 Å². The van der Waals surface area contributed by atoms with Gasteiger partial charge in [-0.25, -0.2) is 13.6 Å². The van der Waals surface area contributed by atoms with Crippen LogP contribution in [0.1, 0.15) is 17.3 Å². The number of benzene rings is 1. The minimum atomic E-state index is -1.57. The summed E-state index contributed by atoms with van der Waals surface area (Å²) in [6.07, 6.45) is 0. The van der Waals surface area contributed by atoms with Crippen molar-refractivity contribution in [2.45, 2.75) is 6.92 Å². The van der Waals surface area contributed by atoms with Gasteiger partial charge in [0, 0.05) is 13.0 Å². The number of hydrogen-bond donors (Lipinski definition) is 2. The van der Waals surface area contributed by atoms with Crippen LogP contribution in [-0.4, -0.2) is 17.0 Å². The normalized spacial score (nSPS) is 9.80. The van der Waals surface area contributed by atoms with Gasteiger partial charge in [-0.05, 0) is 6.07 Å². The van der Waals surface area contributed by atoms with E-state index < -0.39 is 29.1 Å². The van der Waals surface area contributed by atoms with Crippen LogP contribution in [0.25, 0.3) is 0 Å². The number of carboxylic acids is 1. The molecule has 80 valence electrons. The third-order valence-corrected chi connectivity index (χ3v) is 1.60. The molecule has 0 heterocycles. The highest BCUT2D eigenvalue weighted by Crippen LogP contribution is 2.19. The van der Waals surface area contributed by atoms with Gasteiger partial charge in [-0.15, -0.1) is 0 Å². The summed E-state index contributed by atoms with van der Waals surface area (Å²) in [5.74, 6) is -4.24. The molecule has 1 aromatic rings. The SMILES string of the molecule is CC(=O)Nc1cc(F)c(C(=O)O)cc1F. The highest BCUT2D eigenvalue weighted by molar-refractivity contribution is 5.91. The van der Waals surface area contributed by atoms with E-state index >= 15 is 0 Å². The fourth-order valence-electron chi connectivity index (χ4n) is 0.996. The van der Waals surface area contributed by atoms with Crippen molar-refractivity contribution >= 4 is 17.6 Å². The van der Waals surface area contributed by atoms with E-state index in [4.69, 9.17) is 5.11 Å². The van der Waals surface area contributed by atoms with Gasteiger partial charge in [-0.1, -0.05) is 0 Å². The molecule has 0 spiro atoms. The molecule has 0 bridgehead atoms. The average molecular weight is 215 g/mol. The maximum atomic E-state index is 13.1. The van der Waals surface area contributed by atoms with Gasteiger partial charge in [0.15, 0.2) is 0 Å². The lowest BCUT2D eigenvalue weighted by molar-refractivity contribution is -0.114. The Hall–Kier alpha value is -1.98. The molecule has 15 heavy (non-hydrogen) atoms. The highest BCUT2D eigenvalue weighted by atomic mass is 19.1. The summed E-state index contributed by atoms with van der Waals surface area (Å²) in [6, 6.07) is 1.14. The fraction of sp³-hybridized carbons (Fsp3) is 0.111. The van der Waals surface area contributed by atoms with E-state index in [-0.39, 0.29) is 5.69 Å². The van der Waals surface area contributed by atoms with E-state index in [2.05, 4.69) is 0 Å². The quantitative estimate of drug-likeness (QED) is 0.787. The largest absolute Gasteiger partial charge is 0.478 e. The summed E-state index contributed by atoms with van der Waals surface area (Å²) >= 11 is 0. The van der Waals surface area contributed by atoms with Crippen LogP contribution in [0.5, 0.6) is 0 Å². The number of nitrogens with one attached hydrogen (secondary N) is 1. The molecule has 6 heteroatoms. The van der Waals surface area contributed by atoms with E-state index in [0.29, 0.717) is 12.1 Å². The van der Waals surface area contributed by atoms with Gasteiger partial charge >= 0.3 is 5.97 Å². The van der Waals surface area contributed by atoms with Gasteiger partial charge in [0.25, 0.3) is 0 Å². The summed E-state index contributed by atoms with van der Waals surface area (Å²) in [6.45, 7) is 1.13. The number of hydrogen-bond acceptors (Lipinski definition) is 2. The molecule has 0 aliphatic carbocycles. The maximum Gasteiger partial charge on any atom is 0.338 e. The molecule has 1 aromatic carbocycles. The Labute approximate surface area is 83.5 Å². The second-order valence-corrected chi connectivity index (χ2v) is 2.80. The van der Waals surface area contributed by atoms with E-state index in [9.17, 15) is 18.4 Å². The topological polar surface area (TPSA) is 66.4 Å². The van der Waals surface area contributed by atoms with Gasteiger partial charge in [-0.3, -0.25) is 4.79 Å². The van der Waals surface area contributed by atoms with E-state index in [1.54, 1.807) is 0 Å². The van der Waals surface area contributed by atoms with Crippen molar-refractivity contribution in [2.75, 3.05) is 5.32 Å². The van der Waals surface area contributed by atoms with E-state index in [1.165, 1.54) is 0 Å². The number of carbonyl (C=O) groups excluding carboxylic acids is 1. The zero-order chi connectivity index (χ0) is 11.6. The van der Waals surface area contributed by atoms with Crippen LogP contribution in [0.2, 0.25) is 0 Å². The van der Waals surface area contributed by atoms with Crippen LogP contribution in [0.4, 0.5) is 14.5 Å². The molecule has 0 saturated carbocycles. The zero-order valence-corrected chi connectivity index (χ0v) is 7.67. The monoisotopic (exact) mass is 215 g/mol. The van der Waals surface area contributed by atoms with Gasteiger partial charge in [0.05, 0.1) is 11.3 Å². The first-order valence-corrected chi connectivity index (χ1v) is 3.91. The lowest BCUT2D eigenvalue weighted by atomic mass is 10.2. The van der Waals surface area contributed by atoms with E-state index in [1.807, 2.05) is 5.32 Å².